The van der Waals surface area contributed by atoms with Crippen LogP contribution in [0.4, 0.5) is 34.1 Å². The first-order valence-corrected chi connectivity index (χ1v) is 33.1. The zero-order valence-corrected chi connectivity index (χ0v) is 51.9. The summed E-state index contributed by atoms with van der Waals surface area (Å²) in [6.45, 7) is 0. The molecule has 0 unspecified atom stereocenters. The van der Waals surface area contributed by atoms with Gasteiger partial charge in [0.05, 0.1) is 21.9 Å². The molecule has 442 valence electrons. The Bertz CT molecular complexity index is 5660. The van der Waals surface area contributed by atoms with E-state index in [9.17, 15) is 0 Å². The van der Waals surface area contributed by atoms with E-state index in [1.165, 1.54) is 111 Å². The quantitative estimate of drug-likeness (QED) is 0.143. The largest absolute Gasteiger partial charge is 0.310 e. The predicted octanol–water partition coefficient (Wildman–Crippen LogP) is 23.7. The zero-order chi connectivity index (χ0) is 62.3. The number of hydrogen-bond acceptors (Lipinski definition) is 2. The summed E-state index contributed by atoms with van der Waals surface area (Å²) >= 11 is 0. The minimum absolute atomic E-state index is 0.459. The smallest absolute Gasteiger partial charge is 0.0726 e. The summed E-state index contributed by atoms with van der Waals surface area (Å²) in [7, 11) is 0. The number of fused-ring (bicyclic) bond motifs is 23. The van der Waals surface area contributed by atoms with Crippen molar-refractivity contribution in [3.05, 3.63) is 402 Å². The SMILES string of the molecule is c1ccc(N(c2ccc(-c3cc(-c4ccc(N(c5ccccc5)c5ccc6c(c5)C5(c7ccccc7-c7ccccc75)c5ccccc5-6)cc4)c4c(c3)c3ccccc3n4-c3ccccc3)cc2)c2ccc3c(c2)C2(c4ccccc4-c4ccccc42)c2ccccc2-3)cc1. The maximum absolute atomic E-state index is 2.49. The molecule has 4 aliphatic carbocycles. The van der Waals surface area contributed by atoms with Crippen molar-refractivity contribution >= 4 is 55.9 Å². The van der Waals surface area contributed by atoms with Crippen LogP contribution in [-0.2, 0) is 10.8 Å². The van der Waals surface area contributed by atoms with Crippen LogP contribution >= 0.6 is 0 Å². The molecular weight excluding hydrogens is 1150 g/mol. The van der Waals surface area contributed by atoms with Gasteiger partial charge in [-0.15, -0.1) is 0 Å². The molecule has 2 spiro atoms. The Balaban J connectivity index is 0.730. The van der Waals surface area contributed by atoms with E-state index in [-0.39, 0.29) is 0 Å². The lowest BCUT2D eigenvalue weighted by Gasteiger charge is -2.32. The average molecular weight is 1210 g/mol. The molecule has 16 aromatic rings. The van der Waals surface area contributed by atoms with Crippen molar-refractivity contribution in [2.45, 2.75) is 10.8 Å². The maximum Gasteiger partial charge on any atom is 0.0726 e. The van der Waals surface area contributed by atoms with E-state index in [1.807, 2.05) is 0 Å². The number of hydrogen-bond donors (Lipinski definition) is 0. The molecule has 3 heteroatoms. The normalized spacial score (nSPS) is 13.4. The first-order chi connectivity index (χ1) is 47.1. The molecule has 0 radical (unpaired) electrons. The highest BCUT2D eigenvalue weighted by molar-refractivity contribution is 6.15. The van der Waals surface area contributed by atoms with E-state index >= 15 is 0 Å². The predicted molar refractivity (Wildman–Crippen MR) is 394 cm³/mol. The summed E-state index contributed by atoms with van der Waals surface area (Å²) < 4.78 is 2.47. The molecule has 0 aliphatic heterocycles. The highest BCUT2D eigenvalue weighted by Crippen LogP contribution is 2.65. The highest BCUT2D eigenvalue weighted by Gasteiger charge is 2.53. The van der Waals surface area contributed by atoms with Gasteiger partial charge in [0.1, 0.15) is 0 Å². The Morgan fingerprint density at radius 1 is 0.200 bits per heavy atom. The van der Waals surface area contributed by atoms with Crippen LogP contribution in [0.1, 0.15) is 44.5 Å². The number of anilines is 6. The minimum Gasteiger partial charge on any atom is -0.310 e. The van der Waals surface area contributed by atoms with Crippen LogP contribution in [0.15, 0.2) is 358 Å². The topological polar surface area (TPSA) is 11.4 Å². The molecule has 0 amide bonds. The molecule has 15 aromatic carbocycles. The van der Waals surface area contributed by atoms with Crippen LogP contribution < -0.4 is 9.80 Å². The fourth-order valence-corrected chi connectivity index (χ4v) is 17.4. The van der Waals surface area contributed by atoms with Gasteiger partial charge in [0, 0.05) is 56.1 Å². The molecule has 0 saturated carbocycles. The van der Waals surface area contributed by atoms with Gasteiger partial charge in [0.25, 0.3) is 0 Å². The van der Waals surface area contributed by atoms with E-state index < -0.39 is 10.8 Å². The zero-order valence-electron chi connectivity index (χ0n) is 51.9. The number of para-hydroxylation sites is 4. The molecule has 0 bridgehead atoms. The van der Waals surface area contributed by atoms with Crippen LogP contribution in [-0.4, -0.2) is 4.57 Å². The van der Waals surface area contributed by atoms with Crippen LogP contribution in [0.2, 0.25) is 0 Å². The number of rotatable bonds is 9. The molecule has 95 heavy (non-hydrogen) atoms. The van der Waals surface area contributed by atoms with E-state index in [0.717, 1.165) is 62.1 Å². The lowest BCUT2D eigenvalue weighted by Crippen LogP contribution is -2.26. The summed E-state index contributed by atoms with van der Waals surface area (Å²) in [5.41, 5.74) is 34.7. The fraction of sp³-hybridized carbons (Fsp3) is 0.0217. The van der Waals surface area contributed by atoms with Crippen molar-refractivity contribution in [1.82, 2.24) is 4.57 Å². The molecular formula is C92H59N3. The van der Waals surface area contributed by atoms with Gasteiger partial charge in [-0.25, -0.2) is 0 Å². The van der Waals surface area contributed by atoms with Crippen molar-refractivity contribution in [2.24, 2.45) is 0 Å². The summed E-state index contributed by atoms with van der Waals surface area (Å²) in [5, 5.41) is 2.41. The Morgan fingerprint density at radius 2 is 0.526 bits per heavy atom. The third-order valence-electron chi connectivity index (χ3n) is 21.2. The molecule has 1 heterocycles. The minimum atomic E-state index is -0.465. The fourth-order valence-electron chi connectivity index (χ4n) is 17.4. The standard InChI is InChI=1S/C92H59N3/c1-4-24-63(25-5-1)93(68-52-54-76-74-34-14-21-41-85(74)91(87(76)58-68)81-37-17-10-30-70(81)71-31-11-18-38-82(71)91)66-48-44-60(45-49-66)62-56-79(90-80(57-62)78-36-16-23-43-89(78)95(90)65-28-8-3-9-29-65)61-46-50-67(51-47-61)94(64-26-6-2-7-27-64)69-53-55-77-75-35-15-22-42-86(75)92(88(77)59-69)83-39-19-12-32-72(83)73-33-13-20-40-84(73)92/h1-59H. The second-order valence-corrected chi connectivity index (χ2v) is 25.8. The summed E-state index contributed by atoms with van der Waals surface area (Å²) in [4.78, 5) is 4.87. The first kappa shape index (κ1) is 53.4. The van der Waals surface area contributed by atoms with Crippen molar-refractivity contribution in [3.8, 4) is 72.4 Å². The van der Waals surface area contributed by atoms with Crippen LogP contribution in [0, 0.1) is 0 Å². The lowest BCUT2D eigenvalue weighted by atomic mass is 9.70. The number of nitrogens with zero attached hydrogens (tertiary/aromatic N) is 3. The van der Waals surface area contributed by atoms with E-state index in [0.29, 0.717) is 0 Å². The lowest BCUT2D eigenvalue weighted by molar-refractivity contribution is 0.793. The van der Waals surface area contributed by atoms with Crippen molar-refractivity contribution in [1.29, 1.82) is 0 Å². The Labute approximate surface area is 552 Å². The summed E-state index contributed by atoms with van der Waals surface area (Å²) in [5.74, 6) is 0. The van der Waals surface area contributed by atoms with Gasteiger partial charge in [-0.2, -0.15) is 0 Å². The van der Waals surface area contributed by atoms with E-state index in [4.69, 9.17) is 0 Å². The summed E-state index contributed by atoms with van der Waals surface area (Å²) in [6.07, 6.45) is 0. The van der Waals surface area contributed by atoms with Crippen LogP contribution in [0.3, 0.4) is 0 Å². The molecule has 0 N–H and O–H groups in total. The molecule has 20 rings (SSSR count). The molecule has 0 saturated heterocycles. The second-order valence-electron chi connectivity index (χ2n) is 25.8. The van der Waals surface area contributed by atoms with Crippen molar-refractivity contribution < 1.29 is 0 Å². The third kappa shape index (κ3) is 7.52. The Kier molecular flexibility index (Phi) is 11.6. The third-order valence-corrected chi connectivity index (χ3v) is 21.2. The summed E-state index contributed by atoms with van der Waals surface area (Å²) in [6, 6.07) is 134. The van der Waals surface area contributed by atoms with Gasteiger partial charge in [-0.1, -0.05) is 255 Å². The molecule has 0 atom stereocenters. The van der Waals surface area contributed by atoms with Gasteiger partial charge in [0.15, 0.2) is 0 Å². The first-order valence-electron chi connectivity index (χ1n) is 33.1. The monoisotopic (exact) mass is 1210 g/mol. The van der Waals surface area contributed by atoms with Crippen molar-refractivity contribution in [2.75, 3.05) is 9.80 Å². The maximum atomic E-state index is 2.49. The van der Waals surface area contributed by atoms with Gasteiger partial charge in [-0.05, 0) is 209 Å². The average Bonchev–Trinajstić information content (AvgIpc) is 1.52. The van der Waals surface area contributed by atoms with Gasteiger partial charge in [-0.3, -0.25) is 0 Å². The van der Waals surface area contributed by atoms with Crippen molar-refractivity contribution in [3.63, 3.8) is 0 Å². The number of aromatic nitrogens is 1. The number of benzene rings is 15. The molecule has 0 fully saturated rings. The van der Waals surface area contributed by atoms with Crippen LogP contribution in [0.25, 0.3) is 94.3 Å². The van der Waals surface area contributed by atoms with E-state index in [2.05, 4.69) is 372 Å². The molecule has 4 aliphatic rings. The molecule has 1 aromatic heterocycles. The Hall–Kier alpha value is -12.3. The highest BCUT2D eigenvalue weighted by atomic mass is 15.1. The van der Waals surface area contributed by atoms with Gasteiger partial charge < -0.3 is 14.4 Å². The van der Waals surface area contributed by atoms with E-state index in [1.54, 1.807) is 0 Å². The second kappa shape index (κ2) is 20.6. The van der Waals surface area contributed by atoms with Gasteiger partial charge >= 0.3 is 0 Å². The Morgan fingerprint density at radius 3 is 0.947 bits per heavy atom. The van der Waals surface area contributed by atoms with Gasteiger partial charge in [0.2, 0.25) is 0 Å². The molecule has 3 nitrogen and oxygen atoms in total. The van der Waals surface area contributed by atoms with Crippen LogP contribution in [0.5, 0.6) is 0 Å².